The van der Waals surface area contributed by atoms with Crippen LogP contribution in [0.2, 0.25) is 0 Å². The molecule has 1 aromatic rings. The molecule has 4 heteroatoms. The van der Waals surface area contributed by atoms with Crippen LogP contribution < -0.4 is 4.74 Å². The highest BCUT2D eigenvalue weighted by Crippen LogP contribution is 2.28. The summed E-state index contributed by atoms with van der Waals surface area (Å²) in [7, 11) is 0. The first kappa shape index (κ1) is 14.4. The number of amides is 1. The highest BCUT2D eigenvalue weighted by atomic mass is 16.5. The molecule has 21 heavy (non-hydrogen) atoms. The van der Waals surface area contributed by atoms with E-state index < -0.39 is 0 Å². The lowest BCUT2D eigenvalue weighted by Crippen LogP contribution is -2.42. The average Bonchev–Trinajstić information content (AvgIpc) is 3.02. The first-order valence-electron chi connectivity index (χ1n) is 8.16. The second-order valence-electron chi connectivity index (χ2n) is 6.24. The van der Waals surface area contributed by atoms with Crippen molar-refractivity contribution < 1.29 is 9.53 Å². The molecule has 0 N–H and O–H groups in total. The molecule has 0 aromatic carbocycles. The summed E-state index contributed by atoms with van der Waals surface area (Å²) in [5.74, 6) is 1.82. The number of carbonyl (C=O) groups is 1. The number of carbonyl (C=O) groups excluding carboxylic acids is 1. The minimum absolute atomic E-state index is 0.213. The van der Waals surface area contributed by atoms with Gasteiger partial charge in [0, 0.05) is 38.5 Å². The monoisotopic (exact) mass is 288 g/mol. The van der Waals surface area contributed by atoms with Crippen molar-refractivity contribution in [2.75, 3.05) is 13.1 Å². The molecule has 1 saturated carbocycles. The number of rotatable bonds is 4. The van der Waals surface area contributed by atoms with Gasteiger partial charge in [0.05, 0.1) is 6.20 Å². The number of pyridine rings is 1. The quantitative estimate of drug-likeness (QED) is 0.855. The van der Waals surface area contributed by atoms with Crippen LogP contribution in [0.4, 0.5) is 0 Å². The summed E-state index contributed by atoms with van der Waals surface area (Å²) < 4.78 is 5.92. The minimum atomic E-state index is 0.213. The number of ether oxygens (including phenoxy) is 1. The zero-order chi connectivity index (χ0) is 14.5. The predicted octanol–water partition coefficient (Wildman–Crippen LogP) is 3.03. The molecule has 3 rings (SSSR count). The van der Waals surface area contributed by atoms with Crippen molar-refractivity contribution in [1.82, 2.24) is 9.88 Å². The Kier molecular flexibility index (Phi) is 4.73. The lowest BCUT2D eigenvalue weighted by atomic mass is 10.0. The molecule has 4 nitrogen and oxygen atoms in total. The Morgan fingerprint density at radius 3 is 2.67 bits per heavy atom. The zero-order valence-electron chi connectivity index (χ0n) is 12.5. The molecule has 1 aliphatic heterocycles. The number of hydrogen-bond acceptors (Lipinski definition) is 3. The highest BCUT2D eigenvalue weighted by molar-refractivity contribution is 5.76. The number of likely N-dealkylation sites (tertiary alicyclic amines) is 1. The second kappa shape index (κ2) is 6.92. The molecule has 2 fully saturated rings. The Morgan fingerprint density at radius 2 is 2.00 bits per heavy atom. The van der Waals surface area contributed by atoms with Crippen molar-refractivity contribution in [3.05, 3.63) is 24.5 Å². The van der Waals surface area contributed by atoms with Crippen LogP contribution in [0.25, 0.3) is 0 Å². The van der Waals surface area contributed by atoms with E-state index in [9.17, 15) is 4.79 Å². The van der Waals surface area contributed by atoms with Crippen molar-refractivity contribution in [3.8, 4) is 5.75 Å². The molecule has 1 saturated heterocycles. The first-order chi connectivity index (χ1) is 10.3. The number of aromatic nitrogens is 1. The van der Waals surface area contributed by atoms with Gasteiger partial charge < -0.3 is 9.64 Å². The largest absolute Gasteiger partial charge is 0.489 e. The second-order valence-corrected chi connectivity index (χ2v) is 6.24. The molecule has 0 atom stereocenters. The summed E-state index contributed by atoms with van der Waals surface area (Å²) in [5.41, 5.74) is 0. The number of piperidine rings is 1. The Hall–Kier alpha value is -1.58. The van der Waals surface area contributed by atoms with Crippen LogP contribution in [0.1, 0.15) is 44.9 Å². The fourth-order valence-corrected chi connectivity index (χ4v) is 3.42. The molecule has 1 aromatic heterocycles. The van der Waals surface area contributed by atoms with Gasteiger partial charge in [0.1, 0.15) is 11.9 Å². The van der Waals surface area contributed by atoms with Crippen molar-refractivity contribution in [1.29, 1.82) is 0 Å². The lowest BCUT2D eigenvalue weighted by molar-refractivity contribution is -0.134. The fraction of sp³-hybridized carbons (Fsp3) is 0.647. The maximum Gasteiger partial charge on any atom is 0.222 e. The third-order valence-electron chi connectivity index (χ3n) is 4.67. The molecular weight excluding hydrogens is 264 g/mol. The molecule has 0 bridgehead atoms. The third kappa shape index (κ3) is 3.96. The first-order valence-corrected chi connectivity index (χ1v) is 8.16. The van der Waals surface area contributed by atoms with Crippen LogP contribution in [0, 0.1) is 5.92 Å². The van der Waals surface area contributed by atoms with E-state index in [-0.39, 0.29) is 6.10 Å². The lowest BCUT2D eigenvalue weighted by Gasteiger charge is -2.32. The summed E-state index contributed by atoms with van der Waals surface area (Å²) >= 11 is 0. The number of hydrogen-bond donors (Lipinski definition) is 0. The van der Waals surface area contributed by atoms with Crippen LogP contribution in [0.3, 0.4) is 0 Å². The van der Waals surface area contributed by atoms with Gasteiger partial charge >= 0.3 is 0 Å². The van der Waals surface area contributed by atoms with Gasteiger partial charge in [-0.05, 0) is 30.9 Å². The summed E-state index contributed by atoms with van der Waals surface area (Å²) in [4.78, 5) is 18.4. The summed E-state index contributed by atoms with van der Waals surface area (Å²) in [5, 5.41) is 0. The Labute approximate surface area is 126 Å². The van der Waals surface area contributed by atoms with Gasteiger partial charge in [-0.1, -0.05) is 12.8 Å². The van der Waals surface area contributed by atoms with E-state index in [1.54, 1.807) is 12.4 Å². The van der Waals surface area contributed by atoms with Crippen LogP contribution in [0.15, 0.2) is 24.5 Å². The molecule has 1 aliphatic carbocycles. The maximum atomic E-state index is 12.3. The van der Waals surface area contributed by atoms with E-state index in [0.717, 1.165) is 38.1 Å². The molecule has 1 amide bonds. The smallest absolute Gasteiger partial charge is 0.222 e. The molecule has 0 radical (unpaired) electrons. The van der Waals surface area contributed by atoms with E-state index >= 15 is 0 Å². The van der Waals surface area contributed by atoms with Crippen LogP contribution in [0.5, 0.6) is 5.75 Å². The van der Waals surface area contributed by atoms with E-state index in [4.69, 9.17) is 4.74 Å². The normalized spacial score (nSPS) is 20.7. The standard InChI is InChI=1S/C17H24N2O2/c20-17(12-14-4-1-2-5-14)19-10-7-15(8-11-19)21-16-6-3-9-18-13-16/h3,6,9,13-15H,1-2,4-5,7-8,10-12H2. The molecule has 0 unspecified atom stereocenters. The molecule has 2 heterocycles. The van der Waals surface area contributed by atoms with Crippen LogP contribution in [-0.4, -0.2) is 35.0 Å². The van der Waals surface area contributed by atoms with Crippen molar-refractivity contribution in [3.63, 3.8) is 0 Å². The van der Waals surface area contributed by atoms with Crippen molar-refractivity contribution in [2.45, 2.75) is 51.0 Å². The maximum absolute atomic E-state index is 12.3. The van der Waals surface area contributed by atoms with Gasteiger partial charge in [0.15, 0.2) is 0 Å². The minimum Gasteiger partial charge on any atom is -0.489 e. The molecule has 2 aliphatic rings. The van der Waals surface area contributed by atoms with Gasteiger partial charge in [0.25, 0.3) is 0 Å². The predicted molar refractivity (Wildman–Crippen MR) is 81.0 cm³/mol. The summed E-state index contributed by atoms with van der Waals surface area (Å²) in [6, 6.07) is 3.82. The summed E-state index contributed by atoms with van der Waals surface area (Å²) in [6.07, 6.45) is 11.4. The van der Waals surface area contributed by atoms with E-state index in [1.807, 2.05) is 17.0 Å². The fourth-order valence-electron chi connectivity index (χ4n) is 3.42. The SMILES string of the molecule is O=C(CC1CCCC1)N1CCC(Oc2cccnc2)CC1. The average molecular weight is 288 g/mol. The Balaban J connectivity index is 1.43. The Morgan fingerprint density at radius 1 is 1.24 bits per heavy atom. The van der Waals surface area contributed by atoms with Crippen molar-refractivity contribution >= 4 is 5.91 Å². The molecule has 0 spiro atoms. The number of nitrogens with zero attached hydrogens (tertiary/aromatic N) is 2. The van der Waals surface area contributed by atoms with Gasteiger partial charge in [0.2, 0.25) is 5.91 Å². The Bertz CT molecular complexity index is 449. The van der Waals surface area contributed by atoms with Crippen molar-refractivity contribution in [2.24, 2.45) is 5.92 Å². The van der Waals surface area contributed by atoms with Gasteiger partial charge in [-0.3, -0.25) is 9.78 Å². The molecule has 114 valence electrons. The highest BCUT2D eigenvalue weighted by Gasteiger charge is 2.26. The summed E-state index contributed by atoms with van der Waals surface area (Å²) in [6.45, 7) is 1.66. The van der Waals surface area contributed by atoms with Gasteiger partial charge in [-0.2, -0.15) is 0 Å². The van der Waals surface area contributed by atoms with E-state index in [2.05, 4.69) is 4.98 Å². The van der Waals surface area contributed by atoms with Gasteiger partial charge in [-0.15, -0.1) is 0 Å². The van der Waals surface area contributed by atoms with Crippen LogP contribution in [-0.2, 0) is 4.79 Å². The zero-order valence-corrected chi connectivity index (χ0v) is 12.5. The van der Waals surface area contributed by atoms with Crippen LogP contribution >= 0.6 is 0 Å². The van der Waals surface area contributed by atoms with E-state index in [1.165, 1.54) is 25.7 Å². The van der Waals surface area contributed by atoms with E-state index in [0.29, 0.717) is 11.8 Å². The third-order valence-corrected chi connectivity index (χ3v) is 4.67. The molecular formula is C17H24N2O2. The topological polar surface area (TPSA) is 42.4 Å². The van der Waals surface area contributed by atoms with Gasteiger partial charge in [-0.25, -0.2) is 0 Å².